The number of hydrogen-bond acceptors (Lipinski definition) is 4. The van der Waals surface area contributed by atoms with Crippen molar-refractivity contribution in [1.82, 2.24) is 20.2 Å². The molecule has 0 unspecified atom stereocenters. The van der Waals surface area contributed by atoms with E-state index in [4.69, 9.17) is 0 Å². The van der Waals surface area contributed by atoms with Gasteiger partial charge in [-0.05, 0) is 13.8 Å². The van der Waals surface area contributed by atoms with E-state index >= 15 is 0 Å². The van der Waals surface area contributed by atoms with E-state index < -0.39 is 0 Å². The van der Waals surface area contributed by atoms with Crippen LogP contribution < -0.4 is 5.32 Å². The number of aromatic nitrogens is 2. The van der Waals surface area contributed by atoms with Gasteiger partial charge >= 0.3 is 0 Å². The topological polar surface area (TPSA) is 41.0 Å². The lowest BCUT2D eigenvalue weighted by Gasteiger charge is -2.37. The van der Waals surface area contributed by atoms with Crippen molar-refractivity contribution < 1.29 is 0 Å². The van der Waals surface area contributed by atoms with E-state index in [9.17, 15) is 0 Å². The standard InChI is InChI=1S/C11H18N4/c1-9-7-13-5-6-15(9)10(2)11-8-12-3-4-14-11/h3-4,8-10,13H,5-7H2,1-2H3/t9-,10-/m1/s1. The predicted octanol–water partition coefficient (Wildman–Crippen LogP) is 0.831. The molecule has 4 nitrogen and oxygen atoms in total. The van der Waals surface area contributed by atoms with Gasteiger partial charge in [-0.2, -0.15) is 0 Å². The molecule has 2 rings (SSSR count). The molecule has 82 valence electrons. The predicted molar refractivity (Wildman–Crippen MR) is 59.5 cm³/mol. The van der Waals surface area contributed by atoms with Gasteiger partial charge in [0.1, 0.15) is 0 Å². The highest BCUT2D eigenvalue weighted by Crippen LogP contribution is 2.20. The van der Waals surface area contributed by atoms with E-state index in [0.717, 1.165) is 25.3 Å². The monoisotopic (exact) mass is 206 g/mol. The van der Waals surface area contributed by atoms with Crippen molar-refractivity contribution in [2.75, 3.05) is 19.6 Å². The average molecular weight is 206 g/mol. The molecule has 1 aliphatic rings. The summed E-state index contributed by atoms with van der Waals surface area (Å²) in [4.78, 5) is 11.0. The summed E-state index contributed by atoms with van der Waals surface area (Å²) in [5.41, 5.74) is 1.06. The number of nitrogens with one attached hydrogen (secondary N) is 1. The Kier molecular flexibility index (Phi) is 3.28. The summed E-state index contributed by atoms with van der Waals surface area (Å²) in [6.07, 6.45) is 5.34. The maximum Gasteiger partial charge on any atom is 0.0755 e. The quantitative estimate of drug-likeness (QED) is 0.778. The van der Waals surface area contributed by atoms with Crippen molar-refractivity contribution in [2.24, 2.45) is 0 Å². The van der Waals surface area contributed by atoms with Gasteiger partial charge in [-0.1, -0.05) is 0 Å². The minimum atomic E-state index is 0.357. The second-order valence-corrected chi connectivity index (χ2v) is 4.10. The van der Waals surface area contributed by atoms with Crippen LogP contribution in [-0.4, -0.2) is 40.5 Å². The first-order valence-corrected chi connectivity index (χ1v) is 5.51. The Bertz CT molecular complexity index is 301. The van der Waals surface area contributed by atoms with Crippen LogP contribution in [-0.2, 0) is 0 Å². The molecule has 1 aliphatic heterocycles. The van der Waals surface area contributed by atoms with Crippen LogP contribution in [0.3, 0.4) is 0 Å². The maximum atomic E-state index is 4.36. The molecular weight excluding hydrogens is 188 g/mol. The van der Waals surface area contributed by atoms with Gasteiger partial charge in [0.2, 0.25) is 0 Å². The molecule has 1 fully saturated rings. The lowest BCUT2D eigenvalue weighted by Crippen LogP contribution is -2.50. The van der Waals surface area contributed by atoms with Crippen LogP contribution in [0.4, 0.5) is 0 Å². The van der Waals surface area contributed by atoms with Gasteiger partial charge in [0, 0.05) is 44.3 Å². The number of rotatable bonds is 2. The molecule has 0 bridgehead atoms. The summed E-state index contributed by atoms with van der Waals surface area (Å²) < 4.78 is 0. The first-order valence-electron chi connectivity index (χ1n) is 5.51. The van der Waals surface area contributed by atoms with Crippen LogP contribution in [0.15, 0.2) is 18.6 Å². The third-order valence-corrected chi connectivity index (χ3v) is 3.06. The minimum Gasteiger partial charge on any atom is -0.314 e. The zero-order chi connectivity index (χ0) is 10.7. The van der Waals surface area contributed by atoms with E-state index in [-0.39, 0.29) is 0 Å². The van der Waals surface area contributed by atoms with Crippen molar-refractivity contribution in [3.63, 3.8) is 0 Å². The van der Waals surface area contributed by atoms with Gasteiger partial charge in [0.15, 0.2) is 0 Å². The van der Waals surface area contributed by atoms with Gasteiger partial charge in [-0.15, -0.1) is 0 Å². The summed E-state index contributed by atoms with van der Waals surface area (Å²) in [5, 5.41) is 3.39. The normalized spacial score (nSPS) is 25.1. The Balaban J connectivity index is 2.09. The number of nitrogens with zero attached hydrogens (tertiary/aromatic N) is 3. The molecule has 2 atom stereocenters. The van der Waals surface area contributed by atoms with Crippen molar-refractivity contribution in [2.45, 2.75) is 25.9 Å². The lowest BCUT2D eigenvalue weighted by molar-refractivity contribution is 0.123. The van der Waals surface area contributed by atoms with E-state index in [1.54, 1.807) is 12.4 Å². The highest BCUT2D eigenvalue weighted by atomic mass is 15.2. The Morgan fingerprint density at radius 3 is 3.07 bits per heavy atom. The summed E-state index contributed by atoms with van der Waals surface area (Å²) in [7, 11) is 0. The molecule has 0 aromatic carbocycles. The van der Waals surface area contributed by atoms with Crippen molar-refractivity contribution >= 4 is 0 Å². The molecule has 1 aromatic rings. The number of hydrogen-bond donors (Lipinski definition) is 1. The van der Waals surface area contributed by atoms with Crippen molar-refractivity contribution in [3.05, 3.63) is 24.3 Å². The molecule has 0 amide bonds. The Hall–Kier alpha value is -1.00. The van der Waals surface area contributed by atoms with Crippen LogP contribution in [0.5, 0.6) is 0 Å². The number of piperazine rings is 1. The third-order valence-electron chi connectivity index (χ3n) is 3.06. The smallest absolute Gasteiger partial charge is 0.0755 e. The summed E-state index contributed by atoms with van der Waals surface area (Å²) >= 11 is 0. The van der Waals surface area contributed by atoms with Crippen LogP contribution in [0.1, 0.15) is 25.6 Å². The maximum absolute atomic E-state index is 4.36. The van der Waals surface area contributed by atoms with Crippen LogP contribution in [0.2, 0.25) is 0 Å². The van der Waals surface area contributed by atoms with Gasteiger partial charge in [0.05, 0.1) is 11.7 Å². The molecule has 4 heteroatoms. The average Bonchev–Trinajstić information content (AvgIpc) is 2.30. The van der Waals surface area contributed by atoms with E-state index in [1.807, 2.05) is 6.20 Å². The Morgan fingerprint density at radius 1 is 1.53 bits per heavy atom. The van der Waals surface area contributed by atoms with E-state index in [2.05, 4.69) is 34.0 Å². The molecule has 0 saturated carbocycles. The second-order valence-electron chi connectivity index (χ2n) is 4.10. The molecule has 1 saturated heterocycles. The second kappa shape index (κ2) is 4.68. The fourth-order valence-corrected chi connectivity index (χ4v) is 2.13. The largest absolute Gasteiger partial charge is 0.314 e. The van der Waals surface area contributed by atoms with E-state index in [1.165, 1.54) is 0 Å². The molecule has 1 aromatic heterocycles. The van der Waals surface area contributed by atoms with Crippen molar-refractivity contribution in [3.8, 4) is 0 Å². The zero-order valence-electron chi connectivity index (χ0n) is 9.35. The molecule has 2 heterocycles. The van der Waals surface area contributed by atoms with Gasteiger partial charge in [-0.25, -0.2) is 0 Å². The molecule has 0 aliphatic carbocycles. The van der Waals surface area contributed by atoms with Crippen LogP contribution >= 0.6 is 0 Å². The lowest BCUT2D eigenvalue weighted by atomic mass is 10.1. The third kappa shape index (κ3) is 2.33. The highest BCUT2D eigenvalue weighted by Gasteiger charge is 2.24. The van der Waals surface area contributed by atoms with Crippen LogP contribution in [0, 0.1) is 0 Å². The van der Waals surface area contributed by atoms with E-state index in [0.29, 0.717) is 12.1 Å². The van der Waals surface area contributed by atoms with Crippen LogP contribution in [0.25, 0.3) is 0 Å². The highest BCUT2D eigenvalue weighted by molar-refractivity contribution is 5.02. The minimum absolute atomic E-state index is 0.357. The summed E-state index contributed by atoms with van der Waals surface area (Å²) in [6, 6.07) is 0.923. The zero-order valence-corrected chi connectivity index (χ0v) is 9.35. The molecule has 0 spiro atoms. The first kappa shape index (κ1) is 10.5. The molecule has 1 N–H and O–H groups in total. The molecular formula is C11H18N4. The fourth-order valence-electron chi connectivity index (χ4n) is 2.13. The molecule has 15 heavy (non-hydrogen) atoms. The van der Waals surface area contributed by atoms with Gasteiger partial charge in [-0.3, -0.25) is 14.9 Å². The van der Waals surface area contributed by atoms with Gasteiger partial charge < -0.3 is 5.32 Å². The van der Waals surface area contributed by atoms with Crippen molar-refractivity contribution in [1.29, 1.82) is 0 Å². The summed E-state index contributed by atoms with van der Waals surface area (Å²) in [5.74, 6) is 0. The molecule has 0 radical (unpaired) electrons. The SMILES string of the molecule is C[C@@H]1CNCCN1[C@H](C)c1cnccn1. The summed E-state index contributed by atoms with van der Waals surface area (Å²) in [6.45, 7) is 7.66. The fraction of sp³-hybridized carbons (Fsp3) is 0.636. The van der Waals surface area contributed by atoms with Gasteiger partial charge in [0.25, 0.3) is 0 Å². The Morgan fingerprint density at radius 2 is 2.40 bits per heavy atom. The Labute approximate surface area is 90.7 Å². The first-order chi connectivity index (χ1) is 7.29.